The van der Waals surface area contributed by atoms with Gasteiger partial charge in [0.05, 0.1) is 19.9 Å². The topological polar surface area (TPSA) is 67.9 Å². The molecule has 1 aromatic rings. The molecule has 0 bridgehead atoms. The van der Waals surface area contributed by atoms with Crippen LogP contribution >= 0.6 is 0 Å². The standard InChI is InChI=1S/C19H26N2O4/c1-24-14-7-8-15(16(13-14)25-2)20-17(22)19(9-10-19)18(23)21-11-5-3-4-6-12-21/h7-8,13H,3-6,9-12H2,1-2H3,(H,20,22). The van der Waals surface area contributed by atoms with E-state index in [4.69, 9.17) is 9.47 Å². The highest BCUT2D eigenvalue weighted by atomic mass is 16.5. The van der Waals surface area contributed by atoms with Crippen LogP contribution in [0.1, 0.15) is 38.5 Å². The van der Waals surface area contributed by atoms with Crippen LogP contribution in [-0.2, 0) is 9.59 Å². The number of hydrogen-bond acceptors (Lipinski definition) is 4. The second kappa shape index (κ2) is 7.33. The molecule has 1 aliphatic heterocycles. The Morgan fingerprint density at radius 3 is 2.28 bits per heavy atom. The average Bonchev–Trinajstić information content (AvgIpc) is 3.46. The van der Waals surface area contributed by atoms with E-state index in [0.29, 0.717) is 30.0 Å². The summed E-state index contributed by atoms with van der Waals surface area (Å²) in [6.07, 6.45) is 5.60. The number of nitrogens with zero attached hydrogens (tertiary/aromatic N) is 1. The minimum absolute atomic E-state index is 0.0145. The molecule has 3 rings (SSSR count). The Kier molecular flexibility index (Phi) is 5.16. The van der Waals surface area contributed by atoms with E-state index in [0.717, 1.165) is 38.8 Å². The summed E-state index contributed by atoms with van der Waals surface area (Å²) in [6, 6.07) is 5.21. The Balaban J connectivity index is 1.73. The van der Waals surface area contributed by atoms with Gasteiger partial charge in [-0.2, -0.15) is 0 Å². The minimum atomic E-state index is -0.894. The van der Waals surface area contributed by atoms with Gasteiger partial charge in [0.1, 0.15) is 16.9 Å². The van der Waals surface area contributed by atoms with E-state index in [9.17, 15) is 9.59 Å². The van der Waals surface area contributed by atoms with Crippen molar-refractivity contribution in [2.45, 2.75) is 38.5 Å². The molecule has 1 saturated carbocycles. The number of rotatable bonds is 5. The van der Waals surface area contributed by atoms with Gasteiger partial charge in [0.15, 0.2) is 0 Å². The molecule has 1 aliphatic carbocycles. The van der Waals surface area contributed by atoms with Gasteiger partial charge in [-0.15, -0.1) is 0 Å². The highest BCUT2D eigenvalue weighted by molar-refractivity contribution is 6.13. The number of likely N-dealkylation sites (tertiary alicyclic amines) is 1. The van der Waals surface area contributed by atoms with E-state index in [-0.39, 0.29) is 11.8 Å². The van der Waals surface area contributed by atoms with Crippen molar-refractivity contribution in [3.05, 3.63) is 18.2 Å². The Bertz CT molecular complexity index is 647. The van der Waals surface area contributed by atoms with Gasteiger partial charge in [-0.3, -0.25) is 9.59 Å². The number of hydrogen-bond donors (Lipinski definition) is 1. The Morgan fingerprint density at radius 1 is 1.04 bits per heavy atom. The summed E-state index contributed by atoms with van der Waals surface area (Å²) in [7, 11) is 3.12. The van der Waals surface area contributed by atoms with Crippen LogP contribution in [-0.4, -0.2) is 44.0 Å². The Morgan fingerprint density at radius 2 is 1.72 bits per heavy atom. The highest BCUT2D eigenvalue weighted by Crippen LogP contribution is 2.49. The lowest BCUT2D eigenvalue weighted by Gasteiger charge is -2.25. The lowest BCUT2D eigenvalue weighted by atomic mass is 10.0. The molecule has 1 aromatic carbocycles. The smallest absolute Gasteiger partial charge is 0.240 e. The number of amides is 2. The first-order chi connectivity index (χ1) is 12.1. The molecule has 1 saturated heterocycles. The Labute approximate surface area is 148 Å². The zero-order chi connectivity index (χ0) is 17.9. The maximum absolute atomic E-state index is 12.9. The number of ether oxygens (including phenoxy) is 2. The first-order valence-corrected chi connectivity index (χ1v) is 8.93. The molecular weight excluding hydrogens is 320 g/mol. The van der Waals surface area contributed by atoms with Crippen LogP contribution in [0.4, 0.5) is 5.69 Å². The highest BCUT2D eigenvalue weighted by Gasteiger charge is 2.58. The summed E-state index contributed by atoms with van der Waals surface area (Å²) in [5.41, 5.74) is -0.335. The van der Waals surface area contributed by atoms with Gasteiger partial charge in [0.2, 0.25) is 11.8 Å². The van der Waals surface area contributed by atoms with Crippen molar-refractivity contribution in [3.8, 4) is 11.5 Å². The van der Waals surface area contributed by atoms with Gasteiger partial charge in [-0.25, -0.2) is 0 Å². The maximum Gasteiger partial charge on any atom is 0.240 e. The molecule has 0 atom stereocenters. The predicted molar refractivity (Wildman–Crippen MR) is 94.9 cm³/mol. The van der Waals surface area contributed by atoms with Crippen LogP contribution in [0, 0.1) is 5.41 Å². The molecule has 0 aromatic heterocycles. The summed E-state index contributed by atoms with van der Waals surface area (Å²) < 4.78 is 10.5. The normalized spacial score (nSPS) is 18.9. The summed E-state index contributed by atoms with van der Waals surface area (Å²) in [5, 5.41) is 2.88. The number of benzene rings is 1. The molecule has 2 aliphatic rings. The molecule has 1 N–H and O–H groups in total. The zero-order valence-electron chi connectivity index (χ0n) is 15.0. The van der Waals surface area contributed by atoms with Crippen molar-refractivity contribution in [2.24, 2.45) is 5.41 Å². The lowest BCUT2D eigenvalue weighted by Crippen LogP contribution is -2.43. The largest absolute Gasteiger partial charge is 0.497 e. The van der Waals surface area contributed by atoms with Crippen molar-refractivity contribution in [2.75, 3.05) is 32.6 Å². The molecular formula is C19H26N2O4. The minimum Gasteiger partial charge on any atom is -0.497 e. The van der Waals surface area contributed by atoms with Crippen LogP contribution in [0.2, 0.25) is 0 Å². The summed E-state index contributed by atoms with van der Waals surface area (Å²) in [6.45, 7) is 1.53. The molecule has 2 fully saturated rings. The summed E-state index contributed by atoms with van der Waals surface area (Å²) >= 11 is 0. The van der Waals surface area contributed by atoms with Crippen LogP contribution in [0.3, 0.4) is 0 Å². The fourth-order valence-corrected chi connectivity index (χ4v) is 3.38. The molecule has 136 valence electrons. The Hall–Kier alpha value is -2.24. The van der Waals surface area contributed by atoms with Crippen LogP contribution in [0.15, 0.2) is 18.2 Å². The van der Waals surface area contributed by atoms with Gasteiger partial charge in [-0.05, 0) is 37.8 Å². The SMILES string of the molecule is COc1ccc(NC(=O)C2(C(=O)N3CCCCCC3)CC2)c(OC)c1. The third-order valence-corrected chi connectivity index (χ3v) is 5.14. The number of nitrogens with one attached hydrogen (secondary N) is 1. The fraction of sp³-hybridized carbons (Fsp3) is 0.579. The second-order valence-corrected chi connectivity index (χ2v) is 6.81. The number of carbonyl (C=O) groups is 2. The van der Waals surface area contributed by atoms with E-state index in [1.807, 2.05) is 4.90 Å². The van der Waals surface area contributed by atoms with Crippen molar-refractivity contribution in [1.82, 2.24) is 4.90 Å². The molecule has 0 unspecified atom stereocenters. The van der Waals surface area contributed by atoms with Gasteiger partial charge >= 0.3 is 0 Å². The first-order valence-electron chi connectivity index (χ1n) is 8.93. The molecule has 0 spiro atoms. The number of methoxy groups -OCH3 is 2. The van der Waals surface area contributed by atoms with E-state index in [2.05, 4.69) is 5.32 Å². The van der Waals surface area contributed by atoms with Gasteiger partial charge < -0.3 is 19.7 Å². The van der Waals surface area contributed by atoms with Crippen molar-refractivity contribution in [3.63, 3.8) is 0 Å². The molecule has 25 heavy (non-hydrogen) atoms. The molecule has 6 nitrogen and oxygen atoms in total. The second-order valence-electron chi connectivity index (χ2n) is 6.81. The summed E-state index contributed by atoms with van der Waals surface area (Å²) in [5.74, 6) is 0.923. The van der Waals surface area contributed by atoms with Gasteiger partial charge in [0.25, 0.3) is 0 Å². The third-order valence-electron chi connectivity index (χ3n) is 5.14. The van der Waals surface area contributed by atoms with Crippen LogP contribution in [0.5, 0.6) is 11.5 Å². The molecule has 2 amide bonds. The first kappa shape index (κ1) is 17.6. The van der Waals surface area contributed by atoms with Crippen molar-refractivity contribution < 1.29 is 19.1 Å². The molecule has 6 heteroatoms. The van der Waals surface area contributed by atoms with Crippen molar-refractivity contribution in [1.29, 1.82) is 0 Å². The van der Waals surface area contributed by atoms with Crippen LogP contribution in [0.25, 0.3) is 0 Å². The van der Waals surface area contributed by atoms with E-state index >= 15 is 0 Å². The quantitative estimate of drug-likeness (QED) is 0.833. The van der Waals surface area contributed by atoms with Crippen LogP contribution < -0.4 is 14.8 Å². The van der Waals surface area contributed by atoms with Gasteiger partial charge in [0, 0.05) is 19.2 Å². The lowest BCUT2D eigenvalue weighted by molar-refractivity contribution is -0.142. The van der Waals surface area contributed by atoms with Gasteiger partial charge in [-0.1, -0.05) is 12.8 Å². The summed E-state index contributed by atoms with van der Waals surface area (Å²) in [4.78, 5) is 27.7. The van der Waals surface area contributed by atoms with E-state index in [1.165, 1.54) is 0 Å². The number of anilines is 1. The number of carbonyl (C=O) groups excluding carboxylic acids is 2. The molecule has 1 heterocycles. The maximum atomic E-state index is 12.9. The molecule has 0 radical (unpaired) electrons. The zero-order valence-corrected chi connectivity index (χ0v) is 15.0. The monoisotopic (exact) mass is 346 g/mol. The van der Waals surface area contributed by atoms with E-state index < -0.39 is 5.41 Å². The average molecular weight is 346 g/mol. The third kappa shape index (κ3) is 3.57. The fourth-order valence-electron chi connectivity index (χ4n) is 3.38. The predicted octanol–water partition coefficient (Wildman–Crippen LogP) is 2.83. The van der Waals surface area contributed by atoms with Crippen molar-refractivity contribution >= 4 is 17.5 Å². The van der Waals surface area contributed by atoms with E-state index in [1.54, 1.807) is 32.4 Å².